The van der Waals surface area contributed by atoms with E-state index in [4.69, 9.17) is 9.47 Å². The van der Waals surface area contributed by atoms with Crippen LogP contribution in [0.5, 0.6) is 11.5 Å². The minimum atomic E-state index is -0.433. The standard InChI is InChI=1S/C29H29IN2O6/c1-3-31-21-9-5-11-23(33)27(21)26(28-22(31)10-6-12-24(28)34)18-14-20(30)29(25(15-18)37-2)38-16-17-7-4-8-19(13-17)32(35)36/h4,7-8,13-15,26H,3,5-6,9-12,16H2,1-2H3. The summed E-state index contributed by atoms with van der Waals surface area (Å²) in [6.45, 7) is 2.94. The van der Waals surface area contributed by atoms with Gasteiger partial charge in [-0.1, -0.05) is 12.1 Å². The van der Waals surface area contributed by atoms with Gasteiger partial charge in [-0.05, 0) is 78.5 Å². The fourth-order valence-corrected chi connectivity index (χ4v) is 6.67. The highest BCUT2D eigenvalue weighted by Gasteiger charge is 2.43. The third-order valence-corrected chi connectivity index (χ3v) is 8.29. The van der Waals surface area contributed by atoms with E-state index in [-0.39, 0.29) is 23.9 Å². The van der Waals surface area contributed by atoms with Crippen LogP contribution in [0.4, 0.5) is 5.69 Å². The quantitative estimate of drug-likeness (QED) is 0.204. The van der Waals surface area contributed by atoms with Gasteiger partial charge in [0.1, 0.15) is 6.61 Å². The molecule has 3 aliphatic rings. The van der Waals surface area contributed by atoms with Crippen LogP contribution in [0.15, 0.2) is 58.9 Å². The van der Waals surface area contributed by atoms with Crippen LogP contribution in [-0.4, -0.2) is 35.0 Å². The SMILES string of the molecule is CCN1C2=C(C(=O)CCC2)C(c2cc(I)c(OCc3cccc([N+](=O)[O-])c3)c(OC)c2)C2=C1CCCC2=O. The highest BCUT2D eigenvalue weighted by atomic mass is 127. The maximum atomic E-state index is 13.4. The van der Waals surface area contributed by atoms with E-state index >= 15 is 0 Å². The molecule has 2 aliphatic carbocycles. The first-order chi connectivity index (χ1) is 18.3. The maximum absolute atomic E-state index is 13.4. The number of carbonyl (C=O) groups excluding carboxylic acids is 2. The molecule has 0 radical (unpaired) electrons. The monoisotopic (exact) mass is 628 g/mol. The van der Waals surface area contributed by atoms with Crippen LogP contribution in [0.25, 0.3) is 0 Å². The summed E-state index contributed by atoms with van der Waals surface area (Å²) in [6, 6.07) is 10.2. The van der Waals surface area contributed by atoms with Gasteiger partial charge in [0.2, 0.25) is 0 Å². The van der Waals surface area contributed by atoms with Crippen molar-refractivity contribution in [3.8, 4) is 11.5 Å². The van der Waals surface area contributed by atoms with Crippen molar-refractivity contribution in [3.63, 3.8) is 0 Å². The molecular formula is C29H29IN2O6. The molecule has 2 aromatic carbocycles. The van der Waals surface area contributed by atoms with Crippen molar-refractivity contribution in [2.45, 2.75) is 58.0 Å². The highest BCUT2D eigenvalue weighted by molar-refractivity contribution is 14.1. The van der Waals surface area contributed by atoms with Gasteiger partial charge in [-0.2, -0.15) is 0 Å². The van der Waals surface area contributed by atoms with Crippen molar-refractivity contribution < 1.29 is 24.0 Å². The Labute approximate surface area is 235 Å². The van der Waals surface area contributed by atoms with Gasteiger partial charge in [-0.25, -0.2) is 0 Å². The number of nitro groups is 1. The number of Topliss-reactive ketones (excluding diaryl/α,β-unsaturated/α-hetero) is 2. The van der Waals surface area contributed by atoms with Crippen LogP contribution in [0.3, 0.4) is 0 Å². The molecule has 0 unspecified atom stereocenters. The van der Waals surface area contributed by atoms with Crippen molar-refractivity contribution in [1.29, 1.82) is 0 Å². The number of ether oxygens (including phenoxy) is 2. The predicted molar refractivity (Wildman–Crippen MR) is 150 cm³/mol. The second kappa shape index (κ2) is 10.9. The van der Waals surface area contributed by atoms with Gasteiger partial charge in [-0.15, -0.1) is 0 Å². The summed E-state index contributed by atoms with van der Waals surface area (Å²) < 4.78 is 12.6. The van der Waals surface area contributed by atoms with E-state index in [0.29, 0.717) is 29.9 Å². The topological polar surface area (TPSA) is 99.0 Å². The van der Waals surface area contributed by atoms with Crippen LogP contribution < -0.4 is 9.47 Å². The van der Waals surface area contributed by atoms with Crippen LogP contribution in [0.2, 0.25) is 0 Å². The Hall–Kier alpha value is -3.21. The molecule has 1 heterocycles. The number of methoxy groups -OCH3 is 1. The van der Waals surface area contributed by atoms with Crippen LogP contribution in [0.1, 0.15) is 62.5 Å². The molecule has 0 aromatic heterocycles. The lowest BCUT2D eigenvalue weighted by Crippen LogP contribution is -2.39. The van der Waals surface area contributed by atoms with Crippen molar-refractivity contribution in [2.75, 3.05) is 13.7 Å². The van der Waals surface area contributed by atoms with Crippen LogP contribution in [0, 0.1) is 13.7 Å². The van der Waals surface area contributed by atoms with E-state index in [2.05, 4.69) is 34.4 Å². The van der Waals surface area contributed by atoms with Gasteiger partial charge < -0.3 is 14.4 Å². The molecule has 0 spiro atoms. The number of halogens is 1. The average molecular weight is 628 g/mol. The van der Waals surface area contributed by atoms with Crippen LogP contribution >= 0.6 is 22.6 Å². The number of non-ortho nitro benzene ring substituents is 1. The van der Waals surface area contributed by atoms with Crippen LogP contribution in [-0.2, 0) is 16.2 Å². The molecule has 38 heavy (non-hydrogen) atoms. The number of rotatable bonds is 7. The van der Waals surface area contributed by atoms with Crippen molar-refractivity contribution in [2.24, 2.45) is 0 Å². The van der Waals surface area contributed by atoms with Gasteiger partial charge in [-0.3, -0.25) is 19.7 Å². The summed E-state index contributed by atoms with van der Waals surface area (Å²) in [7, 11) is 1.56. The molecule has 0 saturated carbocycles. The average Bonchev–Trinajstić information content (AvgIpc) is 2.91. The van der Waals surface area contributed by atoms with Gasteiger partial charge in [0.05, 0.1) is 15.6 Å². The van der Waals surface area contributed by atoms with E-state index < -0.39 is 10.8 Å². The predicted octanol–water partition coefficient (Wildman–Crippen LogP) is 6.22. The molecule has 1 aliphatic heterocycles. The number of benzene rings is 2. The fraction of sp³-hybridized carbons (Fsp3) is 0.379. The summed E-state index contributed by atoms with van der Waals surface area (Å²) in [4.78, 5) is 39.7. The second-order valence-corrected chi connectivity index (χ2v) is 10.9. The number of hydrogen-bond acceptors (Lipinski definition) is 7. The Bertz CT molecular complexity index is 1350. The summed E-state index contributed by atoms with van der Waals surface area (Å²) in [6.07, 6.45) is 4.28. The Morgan fingerprint density at radius 3 is 2.26 bits per heavy atom. The highest BCUT2D eigenvalue weighted by Crippen LogP contribution is 2.50. The molecule has 8 nitrogen and oxygen atoms in total. The first-order valence-electron chi connectivity index (χ1n) is 12.9. The zero-order valence-corrected chi connectivity index (χ0v) is 23.6. The molecule has 0 atom stereocenters. The molecule has 0 bridgehead atoms. The molecule has 2 aromatic rings. The number of nitrogens with zero attached hydrogens (tertiary/aromatic N) is 2. The molecular weight excluding hydrogens is 599 g/mol. The first kappa shape index (κ1) is 26.4. The summed E-state index contributed by atoms with van der Waals surface area (Å²) in [5.41, 5.74) is 5.12. The molecule has 198 valence electrons. The Morgan fingerprint density at radius 2 is 1.68 bits per heavy atom. The third-order valence-electron chi connectivity index (χ3n) is 7.49. The summed E-state index contributed by atoms with van der Waals surface area (Å²) >= 11 is 2.18. The first-order valence-corrected chi connectivity index (χ1v) is 14.0. The van der Waals surface area contributed by atoms with Crippen molar-refractivity contribution in [3.05, 3.63) is 83.7 Å². The number of hydrogen-bond donors (Lipinski definition) is 0. The molecule has 0 fully saturated rings. The Kier molecular flexibility index (Phi) is 7.56. The molecule has 0 amide bonds. The minimum Gasteiger partial charge on any atom is -0.493 e. The number of ketones is 2. The zero-order valence-electron chi connectivity index (χ0n) is 21.4. The maximum Gasteiger partial charge on any atom is 0.269 e. The second-order valence-electron chi connectivity index (χ2n) is 9.70. The van der Waals surface area contributed by atoms with Crippen molar-refractivity contribution in [1.82, 2.24) is 4.90 Å². The largest absolute Gasteiger partial charge is 0.493 e. The number of carbonyl (C=O) groups is 2. The Balaban J connectivity index is 1.56. The van der Waals surface area contributed by atoms with Gasteiger partial charge in [0.15, 0.2) is 23.1 Å². The Morgan fingerprint density at radius 1 is 1.03 bits per heavy atom. The van der Waals surface area contributed by atoms with Gasteiger partial charge in [0.25, 0.3) is 5.69 Å². The lowest BCUT2D eigenvalue weighted by molar-refractivity contribution is -0.384. The minimum absolute atomic E-state index is 0.00369. The molecule has 0 N–H and O–H groups in total. The smallest absolute Gasteiger partial charge is 0.269 e. The van der Waals surface area contributed by atoms with E-state index in [9.17, 15) is 19.7 Å². The molecule has 0 saturated heterocycles. The molecule has 5 rings (SSSR count). The summed E-state index contributed by atoms with van der Waals surface area (Å²) in [5.74, 6) is 0.810. The van der Waals surface area contributed by atoms with E-state index in [0.717, 1.165) is 63.9 Å². The van der Waals surface area contributed by atoms with Crippen molar-refractivity contribution >= 4 is 39.8 Å². The number of nitro benzene ring substituents is 1. The fourth-order valence-electron chi connectivity index (χ4n) is 5.89. The normalized spacial score (nSPS) is 17.9. The zero-order chi connectivity index (χ0) is 27.0. The van der Waals surface area contributed by atoms with Gasteiger partial charge >= 0.3 is 0 Å². The number of allylic oxidation sites excluding steroid dienone is 4. The van der Waals surface area contributed by atoms with E-state index in [1.54, 1.807) is 19.2 Å². The molecule has 9 heteroatoms. The van der Waals surface area contributed by atoms with E-state index in [1.165, 1.54) is 12.1 Å². The lowest BCUT2D eigenvalue weighted by atomic mass is 9.71. The summed E-state index contributed by atoms with van der Waals surface area (Å²) in [5, 5.41) is 11.1. The van der Waals surface area contributed by atoms with Gasteiger partial charge in [0, 0.05) is 60.0 Å². The van der Waals surface area contributed by atoms with E-state index in [1.807, 2.05) is 12.1 Å². The lowest BCUT2D eigenvalue weighted by Gasteiger charge is -2.43. The third kappa shape index (κ3) is 4.72.